The summed E-state index contributed by atoms with van der Waals surface area (Å²) in [4.78, 5) is 0. The lowest BCUT2D eigenvalue weighted by molar-refractivity contribution is 0.498. The van der Waals surface area contributed by atoms with Crippen LogP contribution in [0.25, 0.3) is 0 Å². The fourth-order valence-electron chi connectivity index (χ4n) is 0.950. The zero-order valence-corrected chi connectivity index (χ0v) is 8.95. The highest BCUT2D eigenvalue weighted by atomic mass is 32.2. The van der Waals surface area contributed by atoms with Gasteiger partial charge in [0.05, 0.1) is 5.75 Å². The monoisotopic (exact) mass is 193 g/mol. The van der Waals surface area contributed by atoms with Gasteiger partial charge in [-0.15, -0.1) is 0 Å². The summed E-state index contributed by atoms with van der Waals surface area (Å²) in [6.07, 6.45) is 3.12. The molecule has 0 saturated carbocycles. The molecule has 1 atom stereocenters. The van der Waals surface area contributed by atoms with Crippen LogP contribution >= 0.6 is 0 Å². The van der Waals surface area contributed by atoms with E-state index in [9.17, 15) is 8.42 Å². The molecule has 0 aromatic rings. The van der Waals surface area contributed by atoms with Gasteiger partial charge < -0.3 is 5.32 Å². The molecule has 0 radical (unpaired) electrons. The Morgan fingerprint density at radius 3 is 2.33 bits per heavy atom. The van der Waals surface area contributed by atoms with Crippen LogP contribution in [0.2, 0.25) is 0 Å². The lowest BCUT2D eigenvalue weighted by atomic mass is 10.1. The van der Waals surface area contributed by atoms with Gasteiger partial charge in [0, 0.05) is 6.26 Å². The molecule has 0 heterocycles. The molecule has 0 aliphatic rings. The molecule has 3 nitrogen and oxygen atoms in total. The summed E-state index contributed by atoms with van der Waals surface area (Å²) in [5.74, 6) is 0.810. The summed E-state index contributed by atoms with van der Waals surface area (Å²) in [7, 11) is -0.859. The van der Waals surface area contributed by atoms with Gasteiger partial charge in [0.2, 0.25) is 0 Å². The second kappa shape index (κ2) is 5.54. The fourth-order valence-corrected chi connectivity index (χ4v) is 1.78. The van der Waals surface area contributed by atoms with E-state index >= 15 is 0 Å². The van der Waals surface area contributed by atoms with Gasteiger partial charge in [-0.3, -0.25) is 0 Å². The van der Waals surface area contributed by atoms with Gasteiger partial charge in [-0.05, 0) is 32.4 Å². The van der Waals surface area contributed by atoms with Crippen LogP contribution in [-0.4, -0.2) is 34.0 Å². The van der Waals surface area contributed by atoms with Gasteiger partial charge in [0.25, 0.3) is 0 Å². The normalized spacial score (nSPS) is 14.6. The minimum Gasteiger partial charge on any atom is -0.320 e. The van der Waals surface area contributed by atoms with Gasteiger partial charge in [-0.1, -0.05) is 6.92 Å². The summed E-state index contributed by atoms with van der Waals surface area (Å²) >= 11 is 0. The number of nitrogens with one attached hydrogen (secondary N) is 1. The third-order valence-electron chi connectivity index (χ3n) is 1.87. The van der Waals surface area contributed by atoms with Crippen molar-refractivity contribution in [2.24, 2.45) is 5.92 Å². The molecule has 12 heavy (non-hydrogen) atoms. The fraction of sp³-hybridized carbons (Fsp3) is 1.00. The van der Waals surface area contributed by atoms with Crippen molar-refractivity contribution in [2.45, 2.75) is 19.8 Å². The minimum absolute atomic E-state index is 0.317. The predicted molar refractivity (Wildman–Crippen MR) is 52.0 cm³/mol. The Morgan fingerprint density at radius 1 is 1.33 bits per heavy atom. The first-order chi connectivity index (χ1) is 5.45. The lowest BCUT2D eigenvalue weighted by Gasteiger charge is -2.09. The molecule has 0 spiro atoms. The first-order valence-corrected chi connectivity index (χ1v) is 6.34. The Bertz CT molecular complexity index is 199. The van der Waals surface area contributed by atoms with Crippen LogP contribution in [0.15, 0.2) is 0 Å². The number of rotatable bonds is 6. The minimum atomic E-state index is -2.76. The molecule has 0 aromatic heterocycles. The molecule has 0 fully saturated rings. The third-order valence-corrected chi connectivity index (χ3v) is 2.85. The third kappa shape index (κ3) is 8.01. The number of hydrogen-bond acceptors (Lipinski definition) is 3. The van der Waals surface area contributed by atoms with Gasteiger partial charge in [0.1, 0.15) is 9.84 Å². The van der Waals surface area contributed by atoms with Crippen LogP contribution in [0.1, 0.15) is 19.8 Å². The standard InChI is InChI=1S/C8H19NO2S/c1-8(4-6-9-2)5-7-12(3,10)11/h8-9H,4-7H2,1-3H3. The zero-order chi connectivity index (χ0) is 9.61. The average molecular weight is 193 g/mol. The molecule has 74 valence electrons. The quantitative estimate of drug-likeness (QED) is 0.674. The first kappa shape index (κ1) is 11.9. The summed E-state index contributed by atoms with van der Waals surface area (Å²) in [6.45, 7) is 3.05. The summed E-state index contributed by atoms with van der Waals surface area (Å²) in [5, 5.41) is 3.05. The molecule has 0 aliphatic heterocycles. The molecule has 0 rings (SSSR count). The van der Waals surface area contributed by atoms with Crippen molar-refractivity contribution in [3.05, 3.63) is 0 Å². The molecule has 0 bridgehead atoms. The van der Waals surface area contributed by atoms with Gasteiger partial charge in [-0.25, -0.2) is 8.42 Å². The Labute approximate surface area is 75.5 Å². The zero-order valence-electron chi connectivity index (χ0n) is 8.13. The maximum absolute atomic E-state index is 10.8. The second-order valence-corrected chi connectivity index (χ2v) is 5.68. The maximum Gasteiger partial charge on any atom is 0.147 e. The lowest BCUT2D eigenvalue weighted by Crippen LogP contribution is -2.14. The smallest absolute Gasteiger partial charge is 0.147 e. The van der Waals surface area contributed by atoms with Crippen LogP contribution < -0.4 is 5.32 Å². The van der Waals surface area contributed by atoms with E-state index in [1.165, 1.54) is 6.26 Å². The molecule has 0 aliphatic carbocycles. The van der Waals surface area contributed by atoms with Crippen molar-refractivity contribution < 1.29 is 8.42 Å². The van der Waals surface area contributed by atoms with E-state index in [2.05, 4.69) is 12.2 Å². The molecular weight excluding hydrogens is 174 g/mol. The summed E-state index contributed by atoms with van der Waals surface area (Å²) in [5.41, 5.74) is 0. The maximum atomic E-state index is 10.8. The van der Waals surface area contributed by atoms with E-state index in [-0.39, 0.29) is 0 Å². The molecule has 1 N–H and O–H groups in total. The number of hydrogen-bond donors (Lipinski definition) is 1. The van der Waals surface area contributed by atoms with E-state index in [1.54, 1.807) is 0 Å². The second-order valence-electron chi connectivity index (χ2n) is 3.42. The van der Waals surface area contributed by atoms with E-state index in [4.69, 9.17) is 0 Å². The highest BCUT2D eigenvalue weighted by molar-refractivity contribution is 7.90. The topological polar surface area (TPSA) is 46.2 Å². The first-order valence-electron chi connectivity index (χ1n) is 4.28. The van der Waals surface area contributed by atoms with Crippen molar-refractivity contribution >= 4 is 9.84 Å². The van der Waals surface area contributed by atoms with Gasteiger partial charge in [-0.2, -0.15) is 0 Å². The highest BCUT2D eigenvalue weighted by Gasteiger charge is 2.06. The molecule has 4 heteroatoms. The Hall–Kier alpha value is -0.0900. The van der Waals surface area contributed by atoms with Crippen molar-refractivity contribution in [1.82, 2.24) is 5.32 Å². The average Bonchev–Trinajstić information content (AvgIpc) is 1.95. The van der Waals surface area contributed by atoms with Crippen LogP contribution in [0, 0.1) is 5.92 Å². The van der Waals surface area contributed by atoms with E-state index in [0.717, 1.165) is 19.4 Å². The van der Waals surface area contributed by atoms with Crippen LogP contribution in [-0.2, 0) is 9.84 Å². The van der Waals surface area contributed by atoms with Crippen molar-refractivity contribution in [3.63, 3.8) is 0 Å². The van der Waals surface area contributed by atoms with Crippen LogP contribution in [0.4, 0.5) is 0 Å². The molecular formula is C8H19NO2S. The SMILES string of the molecule is CNCCC(C)CCS(C)(=O)=O. The predicted octanol–water partition coefficient (Wildman–Crippen LogP) is 0.667. The Balaban J connectivity index is 3.51. The highest BCUT2D eigenvalue weighted by Crippen LogP contribution is 2.07. The molecule has 0 amide bonds. The summed E-state index contributed by atoms with van der Waals surface area (Å²) in [6, 6.07) is 0. The largest absolute Gasteiger partial charge is 0.320 e. The molecule has 1 unspecified atom stereocenters. The van der Waals surface area contributed by atoms with Crippen LogP contribution in [0.5, 0.6) is 0 Å². The van der Waals surface area contributed by atoms with Crippen molar-refractivity contribution in [3.8, 4) is 0 Å². The Morgan fingerprint density at radius 2 is 1.92 bits per heavy atom. The van der Waals surface area contributed by atoms with Crippen molar-refractivity contribution in [2.75, 3.05) is 25.6 Å². The van der Waals surface area contributed by atoms with E-state index in [1.807, 2.05) is 7.05 Å². The van der Waals surface area contributed by atoms with Crippen molar-refractivity contribution in [1.29, 1.82) is 0 Å². The van der Waals surface area contributed by atoms with E-state index < -0.39 is 9.84 Å². The van der Waals surface area contributed by atoms with Crippen LogP contribution in [0.3, 0.4) is 0 Å². The van der Waals surface area contributed by atoms with Gasteiger partial charge >= 0.3 is 0 Å². The molecule has 0 aromatic carbocycles. The summed E-state index contributed by atoms with van der Waals surface area (Å²) < 4.78 is 21.6. The van der Waals surface area contributed by atoms with Gasteiger partial charge in [0.15, 0.2) is 0 Å². The number of sulfone groups is 1. The Kier molecular flexibility index (Phi) is 5.50. The van der Waals surface area contributed by atoms with E-state index in [0.29, 0.717) is 11.7 Å². The molecule has 0 saturated heterocycles.